The summed E-state index contributed by atoms with van der Waals surface area (Å²) in [6.45, 7) is 0.517. The first-order valence-corrected chi connectivity index (χ1v) is 11.6. The first kappa shape index (κ1) is 21.3. The lowest BCUT2D eigenvalue weighted by molar-refractivity contribution is -0.124. The molecular weight excluding hydrogens is 419 g/mol. The number of fused-ring (bicyclic) bond motifs is 1. The molecule has 1 aliphatic rings. The zero-order valence-electron chi connectivity index (χ0n) is 16.8. The summed E-state index contributed by atoms with van der Waals surface area (Å²) >= 11 is 0. The Labute approximate surface area is 180 Å². The van der Waals surface area contributed by atoms with Gasteiger partial charge in [0, 0.05) is 6.54 Å². The average molecular weight is 443 g/mol. The summed E-state index contributed by atoms with van der Waals surface area (Å²) < 4.78 is 46.6. The van der Waals surface area contributed by atoms with Crippen molar-refractivity contribution in [3.63, 3.8) is 0 Å². The van der Waals surface area contributed by atoms with E-state index < -0.39 is 21.9 Å². The van der Waals surface area contributed by atoms with Gasteiger partial charge >= 0.3 is 0 Å². The normalized spacial score (nSPS) is 17.0. The summed E-state index contributed by atoms with van der Waals surface area (Å²) in [5.41, 5.74) is 0. The van der Waals surface area contributed by atoms with Crippen molar-refractivity contribution in [2.45, 2.75) is 23.8 Å². The maximum absolute atomic E-state index is 13.6. The Morgan fingerprint density at radius 3 is 2.61 bits per heavy atom. The van der Waals surface area contributed by atoms with Crippen molar-refractivity contribution in [2.24, 2.45) is 0 Å². The lowest BCUT2D eigenvalue weighted by atomic mass is 10.1. The molecule has 4 rings (SSSR count). The second-order valence-corrected chi connectivity index (χ2v) is 9.24. The highest BCUT2D eigenvalue weighted by molar-refractivity contribution is 7.89. The van der Waals surface area contributed by atoms with Crippen LogP contribution in [0.4, 0.5) is 4.39 Å². The van der Waals surface area contributed by atoms with Gasteiger partial charge in [-0.3, -0.25) is 4.79 Å². The first-order chi connectivity index (χ1) is 15.0. The number of nitrogens with one attached hydrogen (secondary N) is 1. The van der Waals surface area contributed by atoms with Crippen molar-refractivity contribution >= 4 is 26.7 Å². The number of para-hydroxylation sites is 1. The highest BCUT2D eigenvalue weighted by atomic mass is 32.2. The van der Waals surface area contributed by atoms with E-state index in [-0.39, 0.29) is 29.7 Å². The van der Waals surface area contributed by atoms with E-state index in [1.165, 1.54) is 16.4 Å². The molecule has 0 aromatic heterocycles. The van der Waals surface area contributed by atoms with Gasteiger partial charge in [0.2, 0.25) is 15.9 Å². The van der Waals surface area contributed by atoms with Crippen LogP contribution >= 0.6 is 0 Å². The predicted molar refractivity (Wildman–Crippen MR) is 116 cm³/mol. The van der Waals surface area contributed by atoms with Crippen molar-refractivity contribution < 1.29 is 22.3 Å². The van der Waals surface area contributed by atoms with Crippen LogP contribution in [0, 0.1) is 5.82 Å². The number of hydrogen-bond acceptors (Lipinski definition) is 4. The van der Waals surface area contributed by atoms with E-state index in [2.05, 4.69) is 5.32 Å². The lowest BCUT2D eigenvalue weighted by Crippen LogP contribution is -2.46. The number of nitrogens with zero attached hydrogens (tertiary/aromatic N) is 1. The van der Waals surface area contributed by atoms with E-state index >= 15 is 0 Å². The molecule has 3 aromatic carbocycles. The zero-order chi connectivity index (χ0) is 21.8. The molecule has 1 atom stereocenters. The molecule has 31 heavy (non-hydrogen) atoms. The molecule has 0 radical (unpaired) electrons. The number of carbonyl (C=O) groups is 1. The molecule has 6 nitrogen and oxygen atoms in total. The summed E-state index contributed by atoms with van der Waals surface area (Å²) in [6.07, 6.45) is 1.06. The molecule has 0 bridgehead atoms. The summed E-state index contributed by atoms with van der Waals surface area (Å²) in [5, 5.41) is 4.48. The number of hydrogen-bond donors (Lipinski definition) is 1. The van der Waals surface area contributed by atoms with Gasteiger partial charge in [0.1, 0.15) is 12.6 Å². The molecule has 0 aliphatic carbocycles. The van der Waals surface area contributed by atoms with Gasteiger partial charge in [0.15, 0.2) is 11.6 Å². The van der Waals surface area contributed by atoms with Crippen molar-refractivity contribution in [3.8, 4) is 5.75 Å². The molecule has 3 aromatic rings. The molecule has 162 valence electrons. The Morgan fingerprint density at radius 1 is 1.06 bits per heavy atom. The third kappa shape index (κ3) is 4.55. The molecule has 1 unspecified atom stereocenters. The van der Waals surface area contributed by atoms with Crippen LogP contribution in [-0.2, 0) is 14.8 Å². The molecule has 1 fully saturated rings. The number of sulfonamides is 1. The topological polar surface area (TPSA) is 75.7 Å². The van der Waals surface area contributed by atoms with Gasteiger partial charge in [0.05, 0.1) is 11.4 Å². The fourth-order valence-electron chi connectivity index (χ4n) is 3.77. The van der Waals surface area contributed by atoms with E-state index in [1.54, 1.807) is 30.3 Å². The smallest absolute Gasteiger partial charge is 0.243 e. The predicted octanol–water partition coefficient (Wildman–Crippen LogP) is 3.33. The quantitative estimate of drug-likeness (QED) is 0.570. The molecule has 0 saturated carbocycles. The maximum atomic E-state index is 13.6. The van der Waals surface area contributed by atoms with Crippen LogP contribution in [0.2, 0.25) is 0 Å². The molecule has 0 spiro atoms. The highest BCUT2D eigenvalue weighted by Gasteiger charge is 2.39. The Kier molecular flexibility index (Phi) is 6.20. The largest absolute Gasteiger partial charge is 0.489 e. The van der Waals surface area contributed by atoms with Gasteiger partial charge in [-0.25, -0.2) is 12.8 Å². The zero-order valence-corrected chi connectivity index (χ0v) is 17.6. The molecule has 1 N–H and O–H groups in total. The monoisotopic (exact) mass is 442 g/mol. The Balaban J connectivity index is 1.41. The molecule has 1 amide bonds. The average Bonchev–Trinajstić information content (AvgIpc) is 3.28. The number of halogens is 1. The Hall–Kier alpha value is -2.97. The van der Waals surface area contributed by atoms with Crippen LogP contribution in [0.3, 0.4) is 0 Å². The van der Waals surface area contributed by atoms with Gasteiger partial charge in [-0.2, -0.15) is 4.31 Å². The van der Waals surface area contributed by atoms with Crippen LogP contribution in [0.25, 0.3) is 10.8 Å². The van der Waals surface area contributed by atoms with Crippen molar-refractivity contribution in [2.75, 3.05) is 19.7 Å². The second kappa shape index (κ2) is 9.03. The number of carbonyl (C=O) groups excluding carboxylic acids is 1. The minimum atomic E-state index is -3.81. The standard InChI is InChI=1S/C23H23FN2O4S/c24-20-8-3-4-10-22(20)30-15-13-25-23(27)21-9-5-14-26(21)31(28,29)19-12-11-17-6-1-2-7-18(17)16-19/h1-4,6-8,10-12,16,21H,5,9,13-15H2,(H,25,27). The lowest BCUT2D eigenvalue weighted by Gasteiger charge is -2.23. The molecule has 1 aliphatic heterocycles. The molecule has 1 saturated heterocycles. The van der Waals surface area contributed by atoms with Crippen LogP contribution in [0.1, 0.15) is 12.8 Å². The third-order valence-electron chi connectivity index (χ3n) is 5.33. The molecular formula is C23H23FN2O4S. The van der Waals surface area contributed by atoms with Crippen molar-refractivity contribution in [1.29, 1.82) is 0 Å². The number of amides is 1. The molecule has 8 heteroatoms. The summed E-state index contributed by atoms with van der Waals surface area (Å²) in [5.74, 6) is -0.741. The van der Waals surface area contributed by atoms with Crippen molar-refractivity contribution in [3.05, 3.63) is 72.5 Å². The number of ether oxygens (including phenoxy) is 1. The van der Waals surface area contributed by atoms with Crippen LogP contribution in [0.15, 0.2) is 71.6 Å². The van der Waals surface area contributed by atoms with E-state index in [4.69, 9.17) is 4.74 Å². The van der Waals surface area contributed by atoms with E-state index in [0.29, 0.717) is 19.4 Å². The van der Waals surface area contributed by atoms with E-state index in [0.717, 1.165) is 10.8 Å². The van der Waals surface area contributed by atoms with Gasteiger partial charge in [-0.1, -0.05) is 42.5 Å². The molecule has 1 heterocycles. The second-order valence-electron chi connectivity index (χ2n) is 7.35. The third-order valence-corrected chi connectivity index (χ3v) is 7.23. The van der Waals surface area contributed by atoms with Gasteiger partial charge < -0.3 is 10.1 Å². The number of rotatable bonds is 7. The minimum absolute atomic E-state index is 0.0802. The summed E-state index contributed by atoms with van der Waals surface area (Å²) in [6, 6.07) is 17.8. The van der Waals surface area contributed by atoms with Gasteiger partial charge in [0.25, 0.3) is 0 Å². The number of benzene rings is 3. The summed E-state index contributed by atoms with van der Waals surface area (Å²) in [7, 11) is -3.81. The first-order valence-electron chi connectivity index (χ1n) is 10.1. The minimum Gasteiger partial charge on any atom is -0.489 e. The highest BCUT2D eigenvalue weighted by Crippen LogP contribution is 2.28. The maximum Gasteiger partial charge on any atom is 0.243 e. The van der Waals surface area contributed by atoms with Gasteiger partial charge in [-0.15, -0.1) is 0 Å². The summed E-state index contributed by atoms with van der Waals surface area (Å²) in [4.78, 5) is 12.9. The van der Waals surface area contributed by atoms with Crippen LogP contribution in [-0.4, -0.2) is 44.4 Å². The fraction of sp³-hybridized carbons (Fsp3) is 0.261. The fourth-order valence-corrected chi connectivity index (χ4v) is 5.46. The Bertz CT molecular complexity index is 1200. The van der Waals surface area contributed by atoms with Gasteiger partial charge in [-0.05, 0) is 47.9 Å². The van der Waals surface area contributed by atoms with Crippen LogP contribution in [0.5, 0.6) is 5.75 Å². The van der Waals surface area contributed by atoms with E-state index in [9.17, 15) is 17.6 Å². The Morgan fingerprint density at radius 2 is 1.81 bits per heavy atom. The SMILES string of the molecule is O=C(NCCOc1ccccc1F)C1CCCN1S(=O)(=O)c1ccc2ccccc2c1. The van der Waals surface area contributed by atoms with E-state index in [1.807, 2.05) is 24.3 Å². The van der Waals surface area contributed by atoms with Crippen molar-refractivity contribution in [1.82, 2.24) is 9.62 Å². The van der Waals surface area contributed by atoms with Crippen LogP contribution < -0.4 is 10.1 Å².